The first-order chi connectivity index (χ1) is 11.5. The van der Waals surface area contributed by atoms with E-state index in [0.717, 1.165) is 0 Å². The van der Waals surface area contributed by atoms with Crippen LogP contribution in [0.3, 0.4) is 0 Å². The number of amides is 1. The molecule has 10 nitrogen and oxygen atoms in total. The van der Waals surface area contributed by atoms with E-state index in [0.29, 0.717) is 10.7 Å². The van der Waals surface area contributed by atoms with Crippen LogP contribution < -0.4 is 10.1 Å². The highest BCUT2D eigenvalue weighted by molar-refractivity contribution is 8.15. The molecular formula is C13H12N4O6S. The molecule has 1 aliphatic rings. The summed E-state index contributed by atoms with van der Waals surface area (Å²) in [7, 11) is 1.19. The lowest BCUT2D eigenvalue weighted by Crippen LogP contribution is -2.19. The largest absolute Gasteiger partial charge is 0.475 e. The number of hydrogen-bond donors (Lipinski definition) is 1. The van der Waals surface area contributed by atoms with Crippen LogP contribution in [0.25, 0.3) is 0 Å². The average Bonchev–Trinajstić information content (AvgIpc) is 2.98. The molecule has 2 rings (SSSR count). The Hall–Kier alpha value is -2.95. The molecule has 1 heterocycles. The maximum absolute atomic E-state index is 11.1. The first kappa shape index (κ1) is 17.4. The van der Waals surface area contributed by atoms with Gasteiger partial charge >= 0.3 is 11.7 Å². The van der Waals surface area contributed by atoms with Gasteiger partial charge in [-0.05, 0) is 12.1 Å². The van der Waals surface area contributed by atoms with Gasteiger partial charge in [-0.2, -0.15) is 5.10 Å². The van der Waals surface area contributed by atoms with Crippen molar-refractivity contribution in [1.82, 2.24) is 5.32 Å². The minimum atomic E-state index is -0.651. The summed E-state index contributed by atoms with van der Waals surface area (Å²) < 4.78 is 9.47. The number of ether oxygens (including phenoxy) is 2. The van der Waals surface area contributed by atoms with E-state index in [4.69, 9.17) is 4.74 Å². The average molecular weight is 352 g/mol. The van der Waals surface area contributed by atoms with E-state index in [1.807, 2.05) is 0 Å². The number of carbonyl (C=O) groups excluding carboxylic acids is 2. The van der Waals surface area contributed by atoms with Gasteiger partial charge in [-0.15, -0.1) is 5.10 Å². The highest BCUT2D eigenvalue weighted by Crippen LogP contribution is 2.27. The molecule has 0 unspecified atom stereocenters. The third-order valence-corrected chi connectivity index (χ3v) is 3.56. The lowest BCUT2D eigenvalue weighted by atomic mass is 10.2. The maximum Gasteiger partial charge on any atom is 0.343 e. The van der Waals surface area contributed by atoms with Gasteiger partial charge in [-0.25, -0.2) is 4.79 Å². The quantitative estimate of drug-likeness (QED) is 0.345. The number of methoxy groups -OCH3 is 1. The molecule has 1 aromatic carbocycles. The second kappa shape index (κ2) is 8.06. The molecular weight excluding hydrogens is 340 g/mol. The predicted molar refractivity (Wildman–Crippen MR) is 86.2 cm³/mol. The summed E-state index contributed by atoms with van der Waals surface area (Å²) >= 11 is 1.21. The lowest BCUT2D eigenvalue weighted by molar-refractivity contribution is -0.385. The van der Waals surface area contributed by atoms with Crippen molar-refractivity contribution in [3.05, 3.63) is 33.9 Å². The predicted octanol–water partition coefficient (Wildman–Crippen LogP) is 0.699. The van der Waals surface area contributed by atoms with Crippen LogP contribution in [0.5, 0.6) is 5.75 Å². The van der Waals surface area contributed by atoms with Gasteiger partial charge in [0, 0.05) is 11.6 Å². The molecule has 1 N–H and O–H groups in total. The topological polar surface area (TPSA) is 132 Å². The third kappa shape index (κ3) is 4.78. The number of amidine groups is 1. The van der Waals surface area contributed by atoms with Gasteiger partial charge in [0.15, 0.2) is 17.5 Å². The fourth-order valence-electron chi connectivity index (χ4n) is 1.60. The van der Waals surface area contributed by atoms with E-state index in [2.05, 4.69) is 20.3 Å². The molecule has 0 atom stereocenters. The number of esters is 1. The van der Waals surface area contributed by atoms with E-state index in [1.54, 1.807) is 0 Å². The summed E-state index contributed by atoms with van der Waals surface area (Å²) in [6.45, 7) is -0.435. The van der Waals surface area contributed by atoms with E-state index in [-0.39, 0.29) is 23.1 Å². The molecule has 0 spiro atoms. The Labute approximate surface area is 140 Å². The number of nitrogens with one attached hydrogen (secondary N) is 1. The van der Waals surface area contributed by atoms with Gasteiger partial charge in [0.2, 0.25) is 5.91 Å². The number of nitro groups is 1. The van der Waals surface area contributed by atoms with Crippen molar-refractivity contribution < 1.29 is 24.0 Å². The minimum Gasteiger partial charge on any atom is -0.475 e. The van der Waals surface area contributed by atoms with Crippen molar-refractivity contribution in [2.45, 2.75) is 0 Å². The first-order valence-corrected chi connectivity index (χ1v) is 7.50. The summed E-state index contributed by atoms with van der Waals surface area (Å²) in [5.41, 5.74) is 0.0878. The van der Waals surface area contributed by atoms with Crippen LogP contribution in [0.1, 0.15) is 5.56 Å². The number of rotatable bonds is 6. The summed E-state index contributed by atoms with van der Waals surface area (Å²) in [5, 5.41) is 21.5. The molecule has 0 saturated carbocycles. The molecule has 126 valence electrons. The van der Waals surface area contributed by atoms with Crippen molar-refractivity contribution in [2.75, 3.05) is 19.5 Å². The van der Waals surface area contributed by atoms with Crippen molar-refractivity contribution >= 4 is 40.7 Å². The van der Waals surface area contributed by atoms with Gasteiger partial charge in [0.05, 0.1) is 24.0 Å². The van der Waals surface area contributed by atoms with Crippen LogP contribution in [0.2, 0.25) is 0 Å². The smallest absolute Gasteiger partial charge is 0.343 e. The Kier molecular flexibility index (Phi) is 5.84. The Morgan fingerprint density at radius 3 is 2.96 bits per heavy atom. The molecule has 0 bridgehead atoms. The van der Waals surface area contributed by atoms with Gasteiger partial charge in [0.25, 0.3) is 0 Å². The number of hydrogen-bond acceptors (Lipinski definition) is 9. The van der Waals surface area contributed by atoms with E-state index < -0.39 is 17.5 Å². The molecule has 1 fully saturated rings. The Morgan fingerprint density at radius 1 is 1.54 bits per heavy atom. The van der Waals surface area contributed by atoms with Crippen molar-refractivity contribution in [3.8, 4) is 5.75 Å². The molecule has 1 amide bonds. The van der Waals surface area contributed by atoms with Gasteiger partial charge in [-0.3, -0.25) is 14.9 Å². The molecule has 1 saturated heterocycles. The molecule has 1 aromatic rings. The van der Waals surface area contributed by atoms with Crippen LogP contribution >= 0.6 is 11.8 Å². The van der Waals surface area contributed by atoms with E-state index >= 15 is 0 Å². The summed E-state index contributed by atoms with van der Waals surface area (Å²) in [6, 6.07) is 4.10. The van der Waals surface area contributed by atoms with Crippen molar-refractivity contribution in [3.63, 3.8) is 0 Å². The summed E-state index contributed by atoms with van der Waals surface area (Å²) in [5.74, 6) is -0.586. The van der Waals surface area contributed by atoms with E-state index in [1.165, 1.54) is 43.3 Å². The Bertz CT molecular complexity index is 733. The van der Waals surface area contributed by atoms with Crippen LogP contribution in [-0.2, 0) is 14.3 Å². The number of nitro benzene ring substituents is 1. The van der Waals surface area contributed by atoms with Gasteiger partial charge in [0.1, 0.15) is 0 Å². The highest BCUT2D eigenvalue weighted by atomic mass is 32.2. The first-order valence-electron chi connectivity index (χ1n) is 6.51. The zero-order chi connectivity index (χ0) is 17.5. The van der Waals surface area contributed by atoms with Crippen LogP contribution in [0, 0.1) is 10.1 Å². The fourth-order valence-corrected chi connectivity index (χ4v) is 2.23. The van der Waals surface area contributed by atoms with Crippen molar-refractivity contribution in [2.24, 2.45) is 10.2 Å². The molecule has 0 aromatic heterocycles. The minimum absolute atomic E-state index is 0.0625. The summed E-state index contributed by atoms with van der Waals surface area (Å²) in [4.78, 5) is 32.5. The van der Waals surface area contributed by atoms with Crippen LogP contribution in [0.15, 0.2) is 28.4 Å². The maximum atomic E-state index is 11.1. The Morgan fingerprint density at radius 2 is 2.33 bits per heavy atom. The molecule has 11 heteroatoms. The monoisotopic (exact) mass is 352 g/mol. The zero-order valence-electron chi connectivity index (χ0n) is 12.4. The molecule has 0 aliphatic carbocycles. The molecule has 0 radical (unpaired) electrons. The second-order valence-corrected chi connectivity index (χ2v) is 5.30. The standard InChI is InChI=1S/C13H12N4O6S/c1-22-12(19)6-23-10-3-2-8(4-9(10)17(20)21)5-14-16-13-15-11(18)7-24-13/h2-5H,6-7H2,1H3,(H,15,16,18). The van der Waals surface area contributed by atoms with Crippen molar-refractivity contribution in [1.29, 1.82) is 0 Å². The normalized spacial score (nSPS) is 15.5. The van der Waals surface area contributed by atoms with Crippen LogP contribution in [0.4, 0.5) is 5.69 Å². The number of thioether (sulfide) groups is 1. The Balaban J connectivity index is 2.11. The highest BCUT2D eigenvalue weighted by Gasteiger charge is 2.17. The SMILES string of the molecule is COC(=O)COc1ccc(C=NN=C2NC(=O)CS2)cc1[N+](=O)[O-]. The number of benzene rings is 1. The number of carbonyl (C=O) groups is 2. The lowest BCUT2D eigenvalue weighted by Gasteiger charge is -2.05. The second-order valence-electron chi connectivity index (χ2n) is 4.34. The fraction of sp³-hybridized carbons (Fsp3) is 0.231. The van der Waals surface area contributed by atoms with Gasteiger partial charge in [-0.1, -0.05) is 11.8 Å². The molecule has 1 aliphatic heterocycles. The third-order valence-electron chi connectivity index (χ3n) is 2.69. The van der Waals surface area contributed by atoms with Gasteiger partial charge < -0.3 is 14.8 Å². The zero-order valence-corrected chi connectivity index (χ0v) is 13.2. The summed E-state index contributed by atoms with van der Waals surface area (Å²) in [6.07, 6.45) is 1.30. The number of nitrogens with zero attached hydrogens (tertiary/aromatic N) is 3. The molecule has 24 heavy (non-hydrogen) atoms. The van der Waals surface area contributed by atoms with E-state index in [9.17, 15) is 19.7 Å². The van der Waals surface area contributed by atoms with Crippen LogP contribution in [-0.4, -0.2) is 47.7 Å².